The van der Waals surface area contributed by atoms with E-state index in [1.807, 2.05) is 0 Å². The molecule has 6 nitrogen and oxygen atoms in total. The van der Waals surface area contributed by atoms with Crippen LogP contribution in [0, 0.1) is 0 Å². The van der Waals surface area contributed by atoms with E-state index in [2.05, 4.69) is 32.3 Å². The Labute approximate surface area is 115 Å². The van der Waals surface area contributed by atoms with Crippen molar-refractivity contribution in [3.05, 3.63) is 17.5 Å². The van der Waals surface area contributed by atoms with Gasteiger partial charge in [0.1, 0.15) is 4.88 Å². The van der Waals surface area contributed by atoms with Crippen LogP contribution in [0.2, 0.25) is 0 Å². The monoisotopic (exact) mass is 279 g/mol. The molecule has 3 heterocycles. The Morgan fingerprint density at radius 1 is 1.47 bits per heavy atom. The molecule has 1 aliphatic rings. The third kappa shape index (κ3) is 2.68. The lowest BCUT2D eigenvalue weighted by molar-refractivity contribution is 0.160. The lowest BCUT2D eigenvalue weighted by Crippen LogP contribution is -2.45. The van der Waals surface area contributed by atoms with Gasteiger partial charge in [0.15, 0.2) is 5.82 Å². The summed E-state index contributed by atoms with van der Waals surface area (Å²) in [4.78, 5) is 11.9. The molecule has 0 radical (unpaired) electrons. The number of nitrogens with one attached hydrogen (secondary N) is 1. The van der Waals surface area contributed by atoms with Gasteiger partial charge in [-0.1, -0.05) is 12.1 Å². The Kier molecular flexibility index (Phi) is 3.86. The Balaban J connectivity index is 1.79. The number of thiazole rings is 1. The van der Waals surface area contributed by atoms with E-state index in [4.69, 9.17) is 4.52 Å². The maximum Gasteiger partial charge on any atom is 0.269 e. The molecule has 0 bridgehead atoms. The second-order valence-corrected chi connectivity index (χ2v) is 5.42. The van der Waals surface area contributed by atoms with Crippen LogP contribution in [-0.4, -0.2) is 46.2 Å². The summed E-state index contributed by atoms with van der Waals surface area (Å²) in [6.07, 6.45) is 2.75. The zero-order valence-corrected chi connectivity index (χ0v) is 11.7. The normalized spacial score (nSPS) is 18.6. The summed E-state index contributed by atoms with van der Waals surface area (Å²) in [6, 6.07) is 0.243. The van der Waals surface area contributed by atoms with E-state index < -0.39 is 0 Å². The van der Waals surface area contributed by atoms with Crippen LogP contribution in [0.25, 0.3) is 10.8 Å². The lowest BCUT2D eigenvalue weighted by Gasteiger charge is -2.32. The van der Waals surface area contributed by atoms with Crippen molar-refractivity contribution >= 4 is 11.3 Å². The van der Waals surface area contributed by atoms with Crippen LogP contribution < -0.4 is 5.32 Å². The fraction of sp³-hybridized carbons (Fsp3) is 0.583. The lowest BCUT2D eigenvalue weighted by atomic mass is 10.1. The van der Waals surface area contributed by atoms with Gasteiger partial charge < -0.3 is 9.84 Å². The molecule has 1 atom stereocenters. The first-order valence-electron chi connectivity index (χ1n) is 6.55. The molecular formula is C12H17N5OS. The van der Waals surface area contributed by atoms with Crippen molar-refractivity contribution in [3.8, 4) is 10.8 Å². The second-order valence-electron chi connectivity index (χ2n) is 4.53. The number of hydrogen-bond donors (Lipinski definition) is 1. The van der Waals surface area contributed by atoms with E-state index >= 15 is 0 Å². The van der Waals surface area contributed by atoms with Gasteiger partial charge in [-0.15, -0.1) is 11.3 Å². The van der Waals surface area contributed by atoms with Gasteiger partial charge in [-0.2, -0.15) is 4.98 Å². The molecule has 1 fully saturated rings. The molecule has 2 aromatic heterocycles. The molecule has 1 unspecified atom stereocenters. The number of rotatable bonds is 4. The molecule has 102 valence electrons. The van der Waals surface area contributed by atoms with Crippen LogP contribution in [0.4, 0.5) is 0 Å². The van der Waals surface area contributed by atoms with Gasteiger partial charge in [0.2, 0.25) is 0 Å². The largest absolute Gasteiger partial charge is 0.333 e. The number of hydrogen-bond acceptors (Lipinski definition) is 7. The van der Waals surface area contributed by atoms with Crippen molar-refractivity contribution in [3.63, 3.8) is 0 Å². The SMILES string of the molecule is CCC(c1noc(-c2cncs2)n1)N1CCNCC1. The van der Waals surface area contributed by atoms with Crippen molar-refractivity contribution < 1.29 is 4.52 Å². The number of aromatic nitrogens is 3. The van der Waals surface area contributed by atoms with E-state index in [1.54, 1.807) is 11.7 Å². The fourth-order valence-corrected chi connectivity index (χ4v) is 2.93. The third-order valence-electron chi connectivity index (χ3n) is 3.36. The molecule has 0 spiro atoms. The topological polar surface area (TPSA) is 67.1 Å². The highest BCUT2D eigenvalue weighted by atomic mass is 32.1. The molecule has 3 rings (SSSR count). The standard InChI is InChI=1S/C12H17N5OS/c1-2-9(17-5-3-13-4-6-17)11-15-12(18-16-11)10-7-14-8-19-10/h7-9,13H,2-6H2,1H3. The highest BCUT2D eigenvalue weighted by Gasteiger charge is 2.25. The van der Waals surface area contributed by atoms with Crippen molar-refractivity contribution in [1.82, 2.24) is 25.3 Å². The Hall–Kier alpha value is -1.31. The predicted octanol–water partition coefficient (Wildman–Crippen LogP) is 1.55. The minimum absolute atomic E-state index is 0.243. The molecule has 1 saturated heterocycles. The van der Waals surface area contributed by atoms with Crippen molar-refractivity contribution in [1.29, 1.82) is 0 Å². The van der Waals surface area contributed by atoms with Crippen LogP contribution in [0.15, 0.2) is 16.2 Å². The summed E-state index contributed by atoms with van der Waals surface area (Å²) < 4.78 is 5.35. The average molecular weight is 279 g/mol. The van der Waals surface area contributed by atoms with Gasteiger partial charge in [-0.25, -0.2) is 0 Å². The summed E-state index contributed by atoms with van der Waals surface area (Å²) in [5, 5.41) is 7.51. The molecule has 0 aromatic carbocycles. The molecule has 0 saturated carbocycles. The number of nitrogens with zero attached hydrogens (tertiary/aromatic N) is 4. The first-order valence-corrected chi connectivity index (χ1v) is 7.43. The number of piperazine rings is 1. The zero-order chi connectivity index (χ0) is 13.1. The Morgan fingerprint density at radius 3 is 3.00 bits per heavy atom. The van der Waals surface area contributed by atoms with Crippen LogP contribution in [0.1, 0.15) is 25.2 Å². The molecule has 0 aliphatic carbocycles. The summed E-state index contributed by atoms with van der Waals surface area (Å²) in [5.74, 6) is 1.36. The fourth-order valence-electron chi connectivity index (χ4n) is 2.39. The first-order chi connectivity index (χ1) is 9.38. The van der Waals surface area contributed by atoms with Crippen LogP contribution in [0.5, 0.6) is 0 Å². The van der Waals surface area contributed by atoms with E-state index in [1.165, 1.54) is 11.3 Å². The van der Waals surface area contributed by atoms with Crippen molar-refractivity contribution in [2.45, 2.75) is 19.4 Å². The molecule has 2 aromatic rings. The van der Waals surface area contributed by atoms with Crippen molar-refractivity contribution in [2.75, 3.05) is 26.2 Å². The molecule has 7 heteroatoms. The Morgan fingerprint density at radius 2 is 2.32 bits per heavy atom. The highest BCUT2D eigenvalue weighted by molar-refractivity contribution is 7.13. The van der Waals surface area contributed by atoms with Gasteiger partial charge in [0.25, 0.3) is 5.89 Å². The second kappa shape index (κ2) is 5.77. The van der Waals surface area contributed by atoms with Crippen LogP contribution >= 0.6 is 11.3 Å². The molecule has 1 N–H and O–H groups in total. The maximum atomic E-state index is 5.35. The molecular weight excluding hydrogens is 262 g/mol. The minimum Gasteiger partial charge on any atom is -0.333 e. The van der Waals surface area contributed by atoms with E-state index in [0.717, 1.165) is 43.3 Å². The summed E-state index contributed by atoms with van der Waals surface area (Å²) in [7, 11) is 0. The van der Waals surface area contributed by atoms with E-state index in [9.17, 15) is 0 Å². The van der Waals surface area contributed by atoms with Crippen molar-refractivity contribution in [2.24, 2.45) is 0 Å². The average Bonchev–Trinajstić information content (AvgIpc) is 3.11. The van der Waals surface area contributed by atoms with E-state index in [0.29, 0.717) is 5.89 Å². The summed E-state index contributed by atoms with van der Waals surface area (Å²) in [6.45, 7) is 6.27. The summed E-state index contributed by atoms with van der Waals surface area (Å²) in [5.41, 5.74) is 1.77. The Bertz CT molecular complexity index is 506. The van der Waals surface area contributed by atoms with Gasteiger partial charge in [0.05, 0.1) is 17.7 Å². The molecule has 19 heavy (non-hydrogen) atoms. The quantitative estimate of drug-likeness (QED) is 0.916. The predicted molar refractivity (Wildman–Crippen MR) is 72.9 cm³/mol. The molecule has 1 aliphatic heterocycles. The minimum atomic E-state index is 0.243. The first kappa shape index (κ1) is 12.7. The highest BCUT2D eigenvalue weighted by Crippen LogP contribution is 2.26. The van der Waals surface area contributed by atoms with Gasteiger partial charge in [-0.3, -0.25) is 9.88 Å². The summed E-state index contributed by atoms with van der Waals surface area (Å²) >= 11 is 1.51. The third-order valence-corrected chi connectivity index (χ3v) is 4.12. The van der Waals surface area contributed by atoms with E-state index in [-0.39, 0.29) is 6.04 Å². The van der Waals surface area contributed by atoms with Crippen LogP contribution in [0.3, 0.4) is 0 Å². The smallest absolute Gasteiger partial charge is 0.269 e. The van der Waals surface area contributed by atoms with Gasteiger partial charge in [-0.05, 0) is 6.42 Å². The van der Waals surface area contributed by atoms with Gasteiger partial charge >= 0.3 is 0 Å². The maximum absolute atomic E-state index is 5.35. The van der Waals surface area contributed by atoms with Crippen LogP contribution in [-0.2, 0) is 0 Å². The van der Waals surface area contributed by atoms with Gasteiger partial charge in [0, 0.05) is 26.2 Å². The molecule has 0 amide bonds. The zero-order valence-electron chi connectivity index (χ0n) is 10.9.